The highest BCUT2D eigenvalue weighted by molar-refractivity contribution is 5.48. The molecule has 0 spiro atoms. The molecule has 0 aliphatic rings. The summed E-state index contributed by atoms with van der Waals surface area (Å²) in [6.45, 7) is 9.33. The molecule has 0 atom stereocenters. The van der Waals surface area contributed by atoms with Crippen LogP contribution >= 0.6 is 0 Å². The van der Waals surface area contributed by atoms with Crippen LogP contribution in [0.5, 0.6) is 5.75 Å². The second-order valence-corrected chi connectivity index (χ2v) is 4.72. The van der Waals surface area contributed by atoms with Crippen LogP contribution in [0.1, 0.15) is 33.6 Å². The lowest BCUT2D eigenvalue weighted by atomic mass is 10.3. The number of anilines is 1. The predicted octanol–water partition coefficient (Wildman–Crippen LogP) is 3.28. The molecule has 0 radical (unpaired) electrons. The highest BCUT2D eigenvalue weighted by Gasteiger charge is 1.98. The smallest absolute Gasteiger partial charge is 0.121 e. The van der Waals surface area contributed by atoms with Crippen molar-refractivity contribution in [3.05, 3.63) is 24.3 Å². The summed E-state index contributed by atoms with van der Waals surface area (Å²) in [6.07, 6.45) is 2.71. The van der Waals surface area contributed by atoms with E-state index in [0.717, 1.165) is 31.1 Å². The monoisotopic (exact) mass is 250 g/mol. The maximum Gasteiger partial charge on any atom is 0.121 e. The minimum absolute atomic E-state index is 0.218. The van der Waals surface area contributed by atoms with Crippen molar-refractivity contribution in [3.8, 4) is 5.75 Å². The van der Waals surface area contributed by atoms with Gasteiger partial charge in [-0.1, -0.05) is 19.4 Å². The molecule has 0 amide bonds. The van der Waals surface area contributed by atoms with Crippen LogP contribution in [0.4, 0.5) is 5.69 Å². The van der Waals surface area contributed by atoms with E-state index >= 15 is 0 Å². The summed E-state index contributed by atoms with van der Waals surface area (Å²) in [5.41, 5.74) is 1.12. The zero-order valence-electron chi connectivity index (χ0n) is 11.8. The van der Waals surface area contributed by atoms with Crippen molar-refractivity contribution >= 4 is 5.69 Å². The number of ether oxygens (including phenoxy) is 1. The minimum Gasteiger partial charge on any atom is -0.491 e. The summed E-state index contributed by atoms with van der Waals surface area (Å²) < 4.78 is 5.66. The van der Waals surface area contributed by atoms with Gasteiger partial charge in [0.15, 0.2) is 0 Å². The predicted molar refractivity (Wildman–Crippen MR) is 78.5 cm³/mol. The van der Waals surface area contributed by atoms with E-state index < -0.39 is 0 Å². The first kappa shape index (κ1) is 14.8. The van der Waals surface area contributed by atoms with Gasteiger partial charge in [0, 0.05) is 24.8 Å². The van der Waals surface area contributed by atoms with Crippen LogP contribution in [0.25, 0.3) is 0 Å². The van der Waals surface area contributed by atoms with Gasteiger partial charge in [-0.3, -0.25) is 0 Å². The molecule has 0 aromatic heterocycles. The molecule has 3 nitrogen and oxygen atoms in total. The van der Waals surface area contributed by atoms with Crippen LogP contribution in [-0.4, -0.2) is 25.7 Å². The molecule has 1 aromatic carbocycles. The average Bonchev–Trinajstić information content (AvgIpc) is 2.33. The quantitative estimate of drug-likeness (QED) is 0.660. The van der Waals surface area contributed by atoms with E-state index in [4.69, 9.17) is 4.74 Å². The SMILES string of the molecule is CCCCNCCNc1cccc(OC(C)C)c1. The molecular formula is C15H26N2O. The van der Waals surface area contributed by atoms with E-state index in [-0.39, 0.29) is 6.10 Å². The first-order chi connectivity index (χ1) is 8.72. The van der Waals surface area contributed by atoms with Crippen LogP contribution in [0, 0.1) is 0 Å². The van der Waals surface area contributed by atoms with Crippen molar-refractivity contribution < 1.29 is 4.74 Å². The Morgan fingerprint density at radius 2 is 2.00 bits per heavy atom. The van der Waals surface area contributed by atoms with Gasteiger partial charge >= 0.3 is 0 Å². The van der Waals surface area contributed by atoms with E-state index in [2.05, 4.69) is 23.6 Å². The lowest BCUT2D eigenvalue weighted by Crippen LogP contribution is -2.23. The van der Waals surface area contributed by atoms with Gasteiger partial charge < -0.3 is 15.4 Å². The normalized spacial score (nSPS) is 10.7. The molecule has 0 aliphatic heterocycles. The molecule has 1 rings (SSSR count). The first-order valence-electron chi connectivity index (χ1n) is 6.93. The van der Waals surface area contributed by atoms with Crippen LogP contribution in [0.3, 0.4) is 0 Å². The lowest BCUT2D eigenvalue weighted by Gasteiger charge is -2.12. The molecule has 0 unspecified atom stereocenters. The molecule has 3 heteroatoms. The topological polar surface area (TPSA) is 33.3 Å². The van der Waals surface area contributed by atoms with Gasteiger partial charge in [-0.25, -0.2) is 0 Å². The Kier molecular flexibility index (Phi) is 7.26. The van der Waals surface area contributed by atoms with E-state index in [1.165, 1.54) is 12.8 Å². The average molecular weight is 250 g/mol. The molecule has 0 aliphatic carbocycles. The fourth-order valence-corrected chi connectivity index (χ4v) is 1.67. The van der Waals surface area contributed by atoms with Gasteiger partial charge in [-0.2, -0.15) is 0 Å². The van der Waals surface area contributed by atoms with Crippen molar-refractivity contribution in [3.63, 3.8) is 0 Å². The summed E-state index contributed by atoms with van der Waals surface area (Å²) in [6, 6.07) is 8.13. The number of nitrogens with one attached hydrogen (secondary N) is 2. The third kappa shape index (κ3) is 6.50. The number of hydrogen-bond donors (Lipinski definition) is 2. The van der Waals surface area contributed by atoms with Crippen molar-refractivity contribution in [1.29, 1.82) is 0 Å². The Morgan fingerprint density at radius 3 is 2.72 bits per heavy atom. The summed E-state index contributed by atoms with van der Waals surface area (Å²) in [5, 5.41) is 6.80. The van der Waals surface area contributed by atoms with Gasteiger partial charge in [0.1, 0.15) is 5.75 Å². The molecule has 0 saturated heterocycles. The van der Waals surface area contributed by atoms with Gasteiger partial charge in [-0.15, -0.1) is 0 Å². The van der Waals surface area contributed by atoms with Crippen LogP contribution < -0.4 is 15.4 Å². The number of rotatable bonds is 9. The number of hydrogen-bond acceptors (Lipinski definition) is 3. The Hall–Kier alpha value is -1.22. The van der Waals surface area contributed by atoms with Gasteiger partial charge in [0.05, 0.1) is 6.10 Å². The highest BCUT2D eigenvalue weighted by Crippen LogP contribution is 2.18. The molecule has 102 valence electrons. The van der Waals surface area contributed by atoms with Crippen LogP contribution in [-0.2, 0) is 0 Å². The third-order valence-electron chi connectivity index (χ3n) is 2.54. The molecule has 1 aromatic rings. The Bertz CT molecular complexity index is 326. The standard InChI is InChI=1S/C15H26N2O/c1-4-5-9-16-10-11-17-14-7-6-8-15(12-14)18-13(2)3/h6-8,12-13,16-17H,4-5,9-11H2,1-3H3. The maximum absolute atomic E-state index is 5.66. The molecular weight excluding hydrogens is 224 g/mol. The van der Waals surface area contributed by atoms with Gasteiger partial charge in [0.25, 0.3) is 0 Å². The minimum atomic E-state index is 0.218. The van der Waals surface area contributed by atoms with E-state index in [0.29, 0.717) is 0 Å². The van der Waals surface area contributed by atoms with Gasteiger partial charge in [-0.05, 0) is 38.9 Å². The summed E-state index contributed by atoms with van der Waals surface area (Å²) >= 11 is 0. The highest BCUT2D eigenvalue weighted by atomic mass is 16.5. The Labute approximate surface area is 111 Å². The number of benzene rings is 1. The largest absolute Gasteiger partial charge is 0.491 e. The van der Waals surface area contributed by atoms with Gasteiger partial charge in [0.2, 0.25) is 0 Å². The molecule has 0 saturated carbocycles. The molecule has 2 N–H and O–H groups in total. The van der Waals surface area contributed by atoms with Crippen LogP contribution in [0.2, 0.25) is 0 Å². The van der Waals surface area contributed by atoms with Crippen molar-refractivity contribution in [2.75, 3.05) is 25.0 Å². The number of unbranched alkanes of at least 4 members (excludes halogenated alkanes) is 1. The molecule has 0 fully saturated rings. The Morgan fingerprint density at radius 1 is 1.17 bits per heavy atom. The molecule has 18 heavy (non-hydrogen) atoms. The zero-order valence-corrected chi connectivity index (χ0v) is 11.8. The van der Waals surface area contributed by atoms with E-state index in [1.54, 1.807) is 0 Å². The van der Waals surface area contributed by atoms with E-state index in [9.17, 15) is 0 Å². The second-order valence-electron chi connectivity index (χ2n) is 4.72. The lowest BCUT2D eigenvalue weighted by molar-refractivity contribution is 0.242. The van der Waals surface area contributed by atoms with Crippen molar-refractivity contribution in [2.24, 2.45) is 0 Å². The molecule has 0 bridgehead atoms. The summed E-state index contributed by atoms with van der Waals surface area (Å²) in [4.78, 5) is 0. The fourth-order valence-electron chi connectivity index (χ4n) is 1.67. The van der Waals surface area contributed by atoms with Crippen molar-refractivity contribution in [1.82, 2.24) is 5.32 Å². The third-order valence-corrected chi connectivity index (χ3v) is 2.54. The summed E-state index contributed by atoms with van der Waals surface area (Å²) in [7, 11) is 0. The first-order valence-corrected chi connectivity index (χ1v) is 6.93. The zero-order chi connectivity index (χ0) is 13.2. The Balaban J connectivity index is 2.25. The van der Waals surface area contributed by atoms with Crippen molar-refractivity contribution in [2.45, 2.75) is 39.7 Å². The summed E-state index contributed by atoms with van der Waals surface area (Å²) in [5.74, 6) is 0.925. The molecule has 0 heterocycles. The second kappa shape index (κ2) is 8.81. The fraction of sp³-hybridized carbons (Fsp3) is 0.600. The van der Waals surface area contributed by atoms with Crippen LogP contribution in [0.15, 0.2) is 24.3 Å². The maximum atomic E-state index is 5.66. The van der Waals surface area contributed by atoms with E-state index in [1.807, 2.05) is 32.0 Å².